The van der Waals surface area contributed by atoms with E-state index in [0.29, 0.717) is 17.3 Å². The van der Waals surface area contributed by atoms with Crippen LogP contribution in [0, 0.1) is 11.6 Å². The maximum Gasteiger partial charge on any atom is 0.255 e. The van der Waals surface area contributed by atoms with Crippen LogP contribution in [0.1, 0.15) is 15.9 Å². The lowest BCUT2D eigenvalue weighted by Crippen LogP contribution is -2.17. The average molecular weight is 292 g/mol. The van der Waals surface area contributed by atoms with Gasteiger partial charge in [-0.1, -0.05) is 24.4 Å². The van der Waals surface area contributed by atoms with E-state index in [2.05, 4.69) is 5.32 Å². The number of nitrogens with two attached hydrogens (primary N) is 1. The van der Waals surface area contributed by atoms with Crippen molar-refractivity contribution in [2.45, 2.75) is 0 Å². The average Bonchev–Trinajstić information content (AvgIpc) is 2.37. The lowest BCUT2D eigenvalue weighted by Gasteiger charge is -2.10. The molecule has 2 aromatic rings. The third-order valence-electron chi connectivity index (χ3n) is 2.57. The van der Waals surface area contributed by atoms with Crippen molar-refractivity contribution in [2.75, 3.05) is 5.32 Å². The van der Waals surface area contributed by atoms with Gasteiger partial charge in [-0.25, -0.2) is 8.78 Å². The first-order chi connectivity index (χ1) is 9.47. The van der Waals surface area contributed by atoms with Crippen molar-refractivity contribution < 1.29 is 13.6 Å². The molecule has 20 heavy (non-hydrogen) atoms. The predicted molar refractivity (Wildman–Crippen MR) is 76.6 cm³/mol. The van der Waals surface area contributed by atoms with Crippen molar-refractivity contribution in [1.82, 2.24) is 0 Å². The molecule has 3 nitrogen and oxygen atoms in total. The van der Waals surface area contributed by atoms with Gasteiger partial charge in [-0.15, -0.1) is 0 Å². The molecule has 0 spiro atoms. The van der Waals surface area contributed by atoms with Gasteiger partial charge in [0, 0.05) is 17.2 Å². The van der Waals surface area contributed by atoms with Gasteiger partial charge in [0.1, 0.15) is 16.6 Å². The van der Waals surface area contributed by atoms with Gasteiger partial charge >= 0.3 is 0 Å². The zero-order chi connectivity index (χ0) is 14.7. The van der Waals surface area contributed by atoms with Gasteiger partial charge in [0.05, 0.1) is 5.69 Å². The third-order valence-corrected chi connectivity index (χ3v) is 2.79. The van der Waals surface area contributed by atoms with Crippen molar-refractivity contribution in [3.05, 3.63) is 65.2 Å². The number of benzene rings is 2. The molecule has 0 saturated heterocycles. The zero-order valence-corrected chi connectivity index (χ0v) is 11.0. The molecule has 0 radical (unpaired) electrons. The van der Waals surface area contributed by atoms with E-state index in [1.54, 1.807) is 24.3 Å². The number of anilines is 1. The van der Waals surface area contributed by atoms with Crippen LogP contribution in [0.15, 0.2) is 42.5 Å². The summed E-state index contributed by atoms with van der Waals surface area (Å²) in [5.41, 5.74) is 6.28. The van der Waals surface area contributed by atoms with E-state index < -0.39 is 17.5 Å². The van der Waals surface area contributed by atoms with E-state index in [0.717, 1.165) is 12.1 Å². The quantitative estimate of drug-likeness (QED) is 0.855. The lowest BCUT2D eigenvalue weighted by molar-refractivity contribution is 0.102. The van der Waals surface area contributed by atoms with E-state index in [1.165, 1.54) is 0 Å². The van der Waals surface area contributed by atoms with Crippen LogP contribution in [-0.2, 0) is 0 Å². The van der Waals surface area contributed by atoms with E-state index in [4.69, 9.17) is 18.0 Å². The SMILES string of the molecule is NC(=S)c1ccccc1NC(=O)c1cc(F)cc(F)c1. The number of amides is 1. The second-order valence-corrected chi connectivity index (χ2v) is 4.46. The van der Waals surface area contributed by atoms with Gasteiger partial charge in [-0.05, 0) is 24.3 Å². The minimum Gasteiger partial charge on any atom is -0.389 e. The highest BCUT2D eigenvalue weighted by Crippen LogP contribution is 2.17. The molecule has 0 aliphatic heterocycles. The van der Waals surface area contributed by atoms with Crippen LogP contribution in [0.3, 0.4) is 0 Å². The summed E-state index contributed by atoms with van der Waals surface area (Å²) in [6, 6.07) is 9.23. The van der Waals surface area contributed by atoms with E-state index >= 15 is 0 Å². The number of hydrogen-bond donors (Lipinski definition) is 2. The van der Waals surface area contributed by atoms with Gasteiger partial charge in [-0.2, -0.15) is 0 Å². The zero-order valence-electron chi connectivity index (χ0n) is 10.2. The lowest BCUT2D eigenvalue weighted by atomic mass is 10.1. The molecule has 0 saturated carbocycles. The Hall–Kier alpha value is -2.34. The molecular formula is C14H10F2N2OS. The van der Waals surface area contributed by atoms with E-state index in [9.17, 15) is 13.6 Å². The topological polar surface area (TPSA) is 55.1 Å². The molecule has 0 fully saturated rings. The number of nitrogens with one attached hydrogen (secondary N) is 1. The van der Waals surface area contributed by atoms with Gasteiger partial charge in [0.15, 0.2) is 0 Å². The Morgan fingerprint density at radius 1 is 1.10 bits per heavy atom. The Balaban J connectivity index is 2.30. The Kier molecular flexibility index (Phi) is 4.05. The van der Waals surface area contributed by atoms with E-state index in [1.807, 2.05) is 0 Å². The number of hydrogen-bond acceptors (Lipinski definition) is 2. The van der Waals surface area contributed by atoms with Gasteiger partial charge in [0.25, 0.3) is 5.91 Å². The fourth-order valence-electron chi connectivity index (χ4n) is 1.69. The maximum atomic E-state index is 13.1. The number of halogens is 2. The summed E-state index contributed by atoms with van der Waals surface area (Å²) in [4.78, 5) is 12.1. The molecule has 0 unspecified atom stereocenters. The summed E-state index contributed by atoms with van der Waals surface area (Å²) >= 11 is 4.87. The van der Waals surface area contributed by atoms with Crippen LogP contribution >= 0.6 is 12.2 Å². The predicted octanol–water partition coefficient (Wildman–Crippen LogP) is 2.85. The second-order valence-electron chi connectivity index (χ2n) is 4.02. The fraction of sp³-hybridized carbons (Fsp3) is 0. The normalized spacial score (nSPS) is 10.1. The highest BCUT2D eigenvalue weighted by atomic mass is 32.1. The number of thiocarbonyl (C=S) groups is 1. The summed E-state index contributed by atoms with van der Waals surface area (Å²) in [7, 11) is 0. The molecular weight excluding hydrogens is 282 g/mol. The molecule has 0 aliphatic rings. The highest BCUT2D eigenvalue weighted by Gasteiger charge is 2.12. The van der Waals surface area contributed by atoms with Crippen LogP contribution < -0.4 is 11.1 Å². The number of carbonyl (C=O) groups excluding carboxylic acids is 1. The smallest absolute Gasteiger partial charge is 0.255 e. The van der Waals surface area contributed by atoms with Crippen molar-refractivity contribution in [2.24, 2.45) is 5.73 Å². The number of para-hydroxylation sites is 1. The Labute approximate surface area is 119 Å². The first-order valence-electron chi connectivity index (χ1n) is 5.63. The standard InChI is InChI=1S/C14H10F2N2OS/c15-9-5-8(6-10(16)7-9)14(19)18-12-4-2-1-3-11(12)13(17)20/h1-7H,(H2,17,20)(H,18,19). The first kappa shape index (κ1) is 14.1. The Bertz CT molecular complexity index is 668. The van der Waals surface area contributed by atoms with Crippen molar-refractivity contribution in [1.29, 1.82) is 0 Å². The fourth-order valence-corrected chi connectivity index (χ4v) is 1.86. The maximum absolute atomic E-state index is 13.1. The minimum atomic E-state index is -0.821. The van der Waals surface area contributed by atoms with Crippen LogP contribution in [0.4, 0.5) is 14.5 Å². The minimum absolute atomic E-state index is 0.117. The van der Waals surface area contributed by atoms with Gasteiger partial charge in [0.2, 0.25) is 0 Å². The number of rotatable bonds is 3. The summed E-state index contributed by atoms with van der Waals surface area (Å²) in [5, 5.41) is 2.52. The summed E-state index contributed by atoms with van der Waals surface area (Å²) in [5.74, 6) is -2.29. The molecule has 0 bridgehead atoms. The summed E-state index contributed by atoms with van der Waals surface area (Å²) in [6.07, 6.45) is 0. The van der Waals surface area contributed by atoms with E-state index in [-0.39, 0.29) is 10.6 Å². The van der Waals surface area contributed by atoms with Crippen molar-refractivity contribution >= 4 is 28.8 Å². The van der Waals surface area contributed by atoms with Crippen molar-refractivity contribution in [3.63, 3.8) is 0 Å². The Morgan fingerprint density at radius 2 is 1.70 bits per heavy atom. The number of carbonyl (C=O) groups is 1. The second kappa shape index (κ2) is 5.75. The van der Waals surface area contributed by atoms with Crippen LogP contribution in [-0.4, -0.2) is 10.9 Å². The summed E-state index contributed by atoms with van der Waals surface area (Å²) in [6.45, 7) is 0. The van der Waals surface area contributed by atoms with Crippen molar-refractivity contribution in [3.8, 4) is 0 Å². The molecule has 3 N–H and O–H groups in total. The molecule has 0 heterocycles. The molecule has 0 aliphatic carbocycles. The van der Waals surface area contributed by atoms with Gasteiger partial charge in [-0.3, -0.25) is 4.79 Å². The van der Waals surface area contributed by atoms with Gasteiger partial charge < -0.3 is 11.1 Å². The van der Waals surface area contributed by atoms with Crippen LogP contribution in [0.25, 0.3) is 0 Å². The Morgan fingerprint density at radius 3 is 2.30 bits per heavy atom. The largest absolute Gasteiger partial charge is 0.389 e. The molecule has 2 aromatic carbocycles. The summed E-state index contributed by atoms with van der Waals surface area (Å²) < 4.78 is 26.1. The first-order valence-corrected chi connectivity index (χ1v) is 6.04. The molecule has 6 heteroatoms. The van der Waals surface area contributed by atoms with Crippen LogP contribution in [0.2, 0.25) is 0 Å². The molecule has 102 valence electrons. The molecule has 0 atom stereocenters. The molecule has 0 aromatic heterocycles. The molecule has 2 rings (SSSR count). The monoisotopic (exact) mass is 292 g/mol. The highest BCUT2D eigenvalue weighted by molar-refractivity contribution is 7.80. The molecule has 1 amide bonds. The third kappa shape index (κ3) is 3.16. The van der Waals surface area contributed by atoms with Crippen LogP contribution in [0.5, 0.6) is 0 Å².